The van der Waals surface area contributed by atoms with Gasteiger partial charge in [-0.2, -0.15) is 0 Å². The number of urea groups is 1. The van der Waals surface area contributed by atoms with Gasteiger partial charge in [-0.15, -0.1) is 0 Å². The maximum Gasteiger partial charge on any atom is 0.315 e. The number of amides is 4. The molecule has 0 fully saturated rings. The van der Waals surface area contributed by atoms with Gasteiger partial charge in [0.05, 0.1) is 12.2 Å². The second kappa shape index (κ2) is 21.2. The van der Waals surface area contributed by atoms with E-state index in [-0.39, 0.29) is 43.8 Å². The fraction of sp³-hybridized carbons (Fsp3) is 0.295. The number of carbonyl (C=O) groups is 3. The summed E-state index contributed by atoms with van der Waals surface area (Å²) in [4.78, 5) is 42.4. The van der Waals surface area contributed by atoms with Crippen molar-refractivity contribution in [3.05, 3.63) is 144 Å². The van der Waals surface area contributed by atoms with Crippen LogP contribution in [0.25, 0.3) is 10.8 Å². The van der Waals surface area contributed by atoms with E-state index in [4.69, 9.17) is 14.2 Å². The number of nitrogens with one attached hydrogen (secondary N) is 3. The molecule has 0 aliphatic rings. The number of anilines is 1. The van der Waals surface area contributed by atoms with E-state index in [0.717, 1.165) is 27.5 Å². The Bertz CT molecular complexity index is 1930. The molecular formula is C44H51N5O6. The third-order valence-electron chi connectivity index (χ3n) is 8.95. The lowest BCUT2D eigenvalue weighted by molar-refractivity contribution is -0.139. The summed E-state index contributed by atoms with van der Waals surface area (Å²) in [6.07, 6.45) is -0.413. The summed E-state index contributed by atoms with van der Waals surface area (Å²) >= 11 is 0. The Balaban J connectivity index is 1.35. The largest absolute Gasteiger partial charge is 0.489 e. The van der Waals surface area contributed by atoms with Gasteiger partial charge in [0.2, 0.25) is 11.8 Å². The predicted molar refractivity (Wildman–Crippen MR) is 215 cm³/mol. The van der Waals surface area contributed by atoms with E-state index in [0.29, 0.717) is 37.8 Å². The van der Waals surface area contributed by atoms with E-state index in [1.807, 2.05) is 141 Å². The number of fused-ring (bicyclic) bond motifs is 1. The number of ether oxygens (including phenoxy) is 3. The molecule has 0 bridgehead atoms. The predicted octanol–water partition coefficient (Wildman–Crippen LogP) is 6.61. The Morgan fingerprint density at radius 1 is 0.691 bits per heavy atom. The second-order valence-corrected chi connectivity index (χ2v) is 12.9. The van der Waals surface area contributed by atoms with Crippen LogP contribution in [0, 0.1) is 0 Å². The van der Waals surface area contributed by atoms with Crippen LogP contribution in [0.2, 0.25) is 0 Å². The lowest BCUT2D eigenvalue weighted by Crippen LogP contribution is -2.56. The van der Waals surface area contributed by atoms with Crippen LogP contribution in [0.15, 0.2) is 127 Å². The number of likely N-dealkylation sites (N-methyl/N-ethyl adjacent to an activating group) is 1. The number of carbonyl (C=O) groups excluding carboxylic acids is 3. The molecule has 0 aliphatic heterocycles. The van der Waals surface area contributed by atoms with Crippen LogP contribution in [-0.4, -0.2) is 68.5 Å². The number of hydrogen-bond donors (Lipinski definition) is 3. The van der Waals surface area contributed by atoms with Crippen LogP contribution in [0.1, 0.15) is 37.0 Å². The second-order valence-electron chi connectivity index (χ2n) is 12.9. The van der Waals surface area contributed by atoms with Crippen molar-refractivity contribution in [3.63, 3.8) is 0 Å². The summed E-state index contributed by atoms with van der Waals surface area (Å²) in [6.45, 7) is 5.61. The van der Waals surface area contributed by atoms with Crippen molar-refractivity contribution in [1.29, 1.82) is 0 Å². The minimum absolute atomic E-state index is 0.00124. The molecular weight excluding hydrogens is 695 g/mol. The lowest BCUT2D eigenvalue weighted by Gasteiger charge is -2.35. The Labute approximate surface area is 323 Å². The molecule has 0 aliphatic carbocycles. The van der Waals surface area contributed by atoms with Crippen molar-refractivity contribution in [2.75, 3.05) is 38.3 Å². The van der Waals surface area contributed by atoms with E-state index in [2.05, 4.69) is 16.1 Å². The SMILES string of the molecule is CCOC(CN(C(=O)C(Cc1ccc(OCc2ccccc2)cc1)N(C)NC(=O)CCNC(=O)NCc1ccccc1)c1cccc2ccccc12)OCC. The van der Waals surface area contributed by atoms with Gasteiger partial charge in [-0.25, -0.2) is 9.80 Å². The van der Waals surface area contributed by atoms with Gasteiger partial charge in [0.1, 0.15) is 18.4 Å². The lowest BCUT2D eigenvalue weighted by atomic mass is 10.0. The fourth-order valence-electron chi connectivity index (χ4n) is 6.14. The Hall–Kier alpha value is -5.75. The quantitative estimate of drug-likeness (QED) is 0.0606. The molecule has 5 aromatic carbocycles. The van der Waals surface area contributed by atoms with Crippen molar-refractivity contribution < 1.29 is 28.6 Å². The molecule has 3 N–H and O–H groups in total. The topological polar surface area (TPSA) is 121 Å². The van der Waals surface area contributed by atoms with Crippen molar-refractivity contribution >= 4 is 34.3 Å². The number of hydrazine groups is 1. The van der Waals surface area contributed by atoms with E-state index in [1.165, 1.54) is 0 Å². The highest BCUT2D eigenvalue weighted by Gasteiger charge is 2.33. The fourth-order valence-corrected chi connectivity index (χ4v) is 6.14. The maximum atomic E-state index is 15.0. The van der Waals surface area contributed by atoms with Crippen LogP contribution >= 0.6 is 0 Å². The summed E-state index contributed by atoms with van der Waals surface area (Å²) in [5.41, 5.74) is 6.49. The molecule has 1 atom stereocenters. The normalized spacial score (nSPS) is 11.7. The van der Waals surface area contributed by atoms with Crippen LogP contribution in [0.5, 0.6) is 5.75 Å². The molecule has 55 heavy (non-hydrogen) atoms. The zero-order chi connectivity index (χ0) is 38.8. The molecule has 0 heterocycles. The molecule has 0 aromatic heterocycles. The van der Waals surface area contributed by atoms with Crippen LogP contribution in [0.4, 0.5) is 10.5 Å². The third-order valence-corrected chi connectivity index (χ3v) is 8.95. The standard InChI is InChI=1S/C44H51N5O6/c1-4-53-42(54-5-2)31-49(39-22-14-20-36-19-12-13-21-38(36)39)43(51)40(29-33-23-25-37(26-24-33)55-32-35-17-10-7-11-18-35)48(3)47-41(50)27-28-45-44(52)46-30-34-15-8-6-9-16-34/h6-26,40,42H,4-5,27-32H2,1-3H3,(H,47,50)(H2,45,46,52). The van der Waals surface area contributed by atoms with Crippen molar-refractivity contribution in [2.24, 2.45) is 0 Å². The van der Waals surface area contributed by atoms with Gasteiger partial charge in [-0.3, -0.25) is 15.0 Å². The van der Waals surface area contributed by atoms with E-state index < -0.39 is 12.3 Å². The number of benzene rings is 5. The first kappa shape index (κ1) is 40.4. The molecule has 11 nitrogen and oxygen atoms in total. The number of nitrogens with zero attached hydrogens (tertiary/aromatic N) is 2. The van der Waals surface area contributed by atoms with Gasteiger partial charge in [-0.05, 0) is 60.5 Å². The molecule has 5 rings (SSSR count). The molecule has 4 amide bonds. The van der Waals surface area contributed by atoms with Gasteiger partial charge in [0.25, 0.3) is 0 Å². The van der Waals surface area contributed by atoms with Crippen LogP contribution in [-0.2, 0) is 38.6 Å². The molecule has 1 unspecified atom stereocenters. The van der Waals surface area contributed by atoms with Crippen molar-refractivity contribution in [2.45, 2.75) is 52.2 Å². The highest BCUT2D eigenvalue weighted by atomic mass is 16.7. The smallest absolute Gasteiger partial charge is 0.315 e. The van der Waals surface area contributed by atoms with E-state index in [9.17, 15) is 9.59 Å². The van der Waals surface area contributed by atoms with Gasteiger partial charge >= 0.3 is 6.03 Å². The van der Waals surface area contributed by atoms with E-state index >= 15 is 4.79 Å². The molecule has 0 radical (unpaired) electrons. The minimum atomic E-state index is -0.843. The van der Waals surface area contributed by atoms with Crippen LogP contribution in [0.3, 0.4) is 0 Å². The van der Waals surface area contributed by atoms with Gasteiger partial charge < -0.3 is 29.7 Å². The van der Waals surface area contributed by atoms with Crippen molar-refractivity contribution in [3.8, 4) is 5.75 Å². The molecule has 288 valence electrons. The first-order chi connectivity index (χ1) is 26.8. The highest BCUT2D eigenvalue weighted by Crippen LogP contribution is 2.29. The van der Waals surface area contributed by atoms with Gasteiger partial charge in [-0.1, -0.05) is 109 Å². The zero-order valence-electron chi connectivity index (χ0n) is 31.8. The summed E-state index contributed by atoms with van der Waals surface area (Å²) in [5, 5.41) is 8.95. The zero-order valence-corrected chi connectivity index (χ0v) is 31.8. The third kappa shape index (κ3) is 12.4. The summed E-state index contributed by atoms with van der Waals surface area (Å²) in [6, 6.07) is 39.6. The Kier molecular flexibility index (Phi) is 15.6. The molecule has 11 heteroatoms. The van der Waals surface area contributed by atoms with Gasteiger partial charge in [0, 0.05) is 45.2 Å². The molecule has 0 saturated heterocycles. The summed E-state index contributed by atoms with van der Waals surface area (Å²) < 4.78 is 17.9. The van der Waals surface area contributed by atoms with Crippen molar-refractivity contribution in [1.82, 2.24) is 21.1 Å². The maximum absolute atomic E-state index is 15.0. The van der Waals surface area contributed by atoms with E-state index in [1.54, 1.807) is 17.0 Å². The first-order valence-corrected chi connectivity index (χ1v) is 18.7. The average molecular weight is 746 g/mol. The Morgan fingerprint density at radius 3 is 2.02 bits per heavy atom. The molecule has 5 aromatic rings. The number of rotatable bonds is 20. The minimum Gasteiger partial charge on any atom is -0.489 e. The first-order valence-electron chi connectivity index (χ1n) is 18.7. The van der Waals surface area contributed by atoms with Gasteiger partial charge in [0.15, 0.2) is 6.29 Å². The molecule has 0 saturated carbocycles. The number of hydrogen-bond acceptors (Lipinski definition) is 7. The molecule has 0 spiro atoms. The Morgan fingerprint density at radius 2 is 1.33 bits per heavy atom. The summed E-state index contributed by atoms with van der Waals surface area (Å²) in [5.74, 6) is 0.0870. The average Bonchev–Trinajstić information content (AvgIpc) is 3.21. The highest BCUT2D eigenvalue weighted by molar-refractivity contribution is 6.05. The summed E-state index contributed by atoms with van der Waals surface area (Å²) in [7, 11) is 1.68. The van der Waals surface area contributed by atoms with Crippen LogP contribution < -0.4 is 25.7 Å². The monoisotopic (exact) mass is 745 g/mol.